The average Bonchev–Trinajstić information content (AvgIpc) is 2.96. The second-order valence-electron chi connectivity index (χ2n) is 5.09. The molecule has 3 aromatic rings. The fourth-order valence-electron chi connectivity index (χ4n) is 2.58. The lowest BCUT2D eigenvalue weighted by molar-refractivity contribution is 0.0601. The van der Waals surface area contributed by atoms with Crippen molar-refractivity contribution < 1.29 is 14.3 Å². The van der Waals surface area contributed by atoms with E-state index in [0.717, 1.165) is 23.1 Å². The van der Waals surface area contributed by atoms with E-state index in [0.29, 0.717) is 5.56 Å². The van der Waals surface area contributed by atoms with Crippen LogP contribution in [0.3, 0.4) is 0 Å². The summed E-state index contributed by atoms with van der Waals surface area (Å²) in [4.78, 5) is 14.8. The molecular weight excluding hydrogens is 278 g/mol. The van der Waals surface area contributed by atoms with Gasteiger partial charge in [0.25, 0.3) is 0 Å². The topological polar surface area (TPSA) is 51.3 Å². The van der Waals surface area contributed by atoms with E-state index in [4.69, 9.17) is 9.47 Å². The van der Waals surface area contributed by atoms with E-state index in [9.17, 15) is 4.79 Å². The molecule has 0 saturated carbocycles. The van der Waals surface area contributed by atoms with Crippen molar-refractivity contribution in [2.45, 2.75) is 6.42 Å². The summed E-state index contributed by atoms with van der Waals surface area (Å²) >= 11 is 0. The molecule has 0 saturated heterocycles. The molecule has 0 aliphatic carbocycles. The Morgan fingerprint density at radius 1 is 1.14 bits per heavy atom. The minimum Gasteiger partial charge on any atom is -0.497 e. The number of carbonyl (C=O) groups is 1. The number of hydrogen-bond acceptors (Lipinski definition) is 3. The third kappa shape index (κ3) is 2.68. The Hall–Kier alpha value is -2.75. The second kappa shape index (κ2) is 5.93. The molecule has 1 heterocycles. The van der Waals surface area contributed by atoms with Crippen molar-refractivity contribution in [1.29, 1.82) is 0 Å². The van der Waals surface area contributed by atoms with Gasteiger partial charge in [0.15, 0.2) is 0 Å². The van der Waals surface area contributed by atoms with Gasteiger partial charge in [0.05, 0.1) is 19.8 Å². The molecule has 112 valence electrons. The first-order valence-corrected chi connectivity index (χ1v) is 7.02. The molecule has 4 nitrogen and oxygen atoms in total. The van der Waals surface area contributed by atoms with Gasteiger partial charge >= 0.3 is 5.97 Å². The maximum absolute atomic E-state index is 11.6. The highest BCUT2D eigenvalue weighted by molar-refractivity contribution is 5.95. The zero-order valence-electron chi connectivity index (χ0n) is 12.6. The molecule has 1 N–H and O–H groups in total. The number of benzene rings is 2. The number of hydrogen-bond donors (Lipinski definition) is 1. The highest BCUT2D eigenvalue weighted by Crippen LogP contribution is 2.24. The number of aromatic amines is 1. The van der Waals surface area contributed by atoms with Crippen molar-refractivity contribution in [3.05, 3.63) is 65.4 Å². The number of rotatable bonds is 4. The van der Waals surface area contributed by atoms with Gasteiger partial charge in [0.1, 0.15) is 5.75 Å². The Kier molecular flexibility index (Phi) is 3.83. The summed E-state index contributed by atoms with van der Waals surface area (Å²) < 4.78 is 10.0. The van der Waals surface area contributed by atoms with Gasteiger partial charge in [-0.25, -0.2) is 4.79 Å². The van der Waals surface area contributed by atoms with Gasteiger partial charge < -0.3 is 14.5 Å². The van der Waals surface area contributed by atoms with Crippen LogP contribution in [-0.4, -0.2) is 25.2 Å². The van der Waals surface area contributed by atoms with Crippen LogP contribution in [0.5, 0.6) is 5.75 Å². The van der Waals surface area contributed by atoms with Gasteiger partial charge in [-0.15, -0.1) is 0 Å². The highest BCUT2D eigenvalue weighted by Gasteiger charge is 2.10. The predicted molar refractivity (Wildman–Crippen MR) is 85.4 cm³/mol. The monoisotopic (exact) mass is 295 g/mol. The second-order valence-corrected chi connectivity index (χ2v) is 5.09. The minimum atomic E-state index is -0.328. The van der Waals surface area contributed by atoms with Crippen molar-refractivity contribution in [2.24, 2.45) is 0 Å². The first-order chi connectivity index (χ1) is 10.7. The molecule has 0 bridgehead atoms. The summed E-state index contributed by atoms with van der Waals surface area (Å²) in [6.45, 7) is 0. The lowest BCUT2D eigenvalue weighted by atomic mass is 10.0. The fourth-order valence-corrected chi connectivity index (χ4v) is 2.58. The quantitative estimate of drug-likeness (QED) is 0.749. The van der Waals surface area contributed by atoms with Gasteiger partial charge in [-0.1, -0.05) is 18.2 Å². The number of esters is 1. The smallest absolute Gasteiger partial charge is 0.337 e. The van der Waals surface area contributed by atoms with E-state index in [-0.39, 0.29) is 5.97 Å². The summed E-state index contributed by atoms with van der Waals surface area (Å²) in [5, 5.41) is 1.11. The van der Waals surface area contributed by atoms with Gasteiger partial charge in [0.2, 0.25) is 0 Å². The van der Waals surface area contributed by atoms with Crippen LogP contribution in [0.25, 0.3) is 10.9 Å². The van der Waals surface area contributed by atoms with E-state index in [2.05, 4.69) is 11.1 Å². The van der Waals surface area contributed by atoms with Crippen LogP contribution in [0, 0.1) is 0 Å². The van der Waals surface area contributed by atoms with Crippen LogP contribution >= 0.6 is 0 Å². The zero-order valence-corrected chi connectivity index (χ0v) is 12.6. The molecular formula is C18H17NO3. The Balaban J connectivity index is 1.93. The minimum absolute atomic E-state index is 0.328. The van der Waals surface area contributed by atoms with Gasteiger partial charge in [0, 0.05) is 17.1 Å². The van der Waals surface area contributed by atoms with Gasteiger partial charge in [-0.2, -0.15) is 0 Å². The van der Waals surface area contributed by atoms with Crippen molar-refractivity contribution in [1.82, 2.24) is 4.98 Å². The molecule has 0 spiro atoms. The number of methoxy groups -OCH3 is 2. The molecule has 1 aromatic heterocycles. The van der Waals surface area contributed by atoms with E-state index >= 15 is 0 Å². The standard InChI is InChI=1S/C18H17NO3/c1-21-15-5-3-4-12(9-15)8-14-11-19-17-10-13(18(20)22-2)6-7-16(14)17/h3-7,9-11,19H,8H2,1-2H3. The molecule has 0 aliphatic rings. The molecule has 0 fully saturated rings. The maximum Gasteiger partial charge on any atom is 0.337 e. The Labute approximate surface area is 128 Å². The average molecular weight is 295 g/mol. The number of H-pyrrole nitrogens is 1. The van der Waals surface area contributed by atoms with Gasteiger partial charge in [-0.05, 0) is 41.8 Å². The number of carbonyl (C=O) groups excluding carboxylic acids is 1. The van der Waals surface area contributed by atoms with Crippen LogP contribution in [0.15, 0.2) is 48.7 Å². The molecule has 0 amide bonds. The van der Waals surface area contributed by atoms with E-state index < -0.39 is 0 Å². The number of fused-ring (bicyclic) bond motifs is 1. The molecule has 2 aromatic carbocycles. The number of ether oxygens (including phenoxy) is 2. The maximum atomic E-state index is 11.6. The van der Waals surface area contributed by atoms with Crippen LogP contribution in [0.2, 0.25) is 0 Å². The molecule has 22 heavy (non-hydrogen) atoms. The Morgan fingerprint density at radius 2 is 2.00 bits per heavy atom. The first kappa shape index (κ1) is 14.2. The summed E-state index contributed by atoms with van der Waals surface area (Å²) in [7, 11) is 3.05. The molecule has 0 unspecified atom stereocenters. The largest absolute Gasteiger partial charge is 0.497 e. The van der Waals surface area contributed by atoms with Crippen LogP contribution in [-0.2, 0) is 11.2 Å². The lowest BCUT2D eigenvalue weighted by Crippen LogP contribution is -2.00. The Morgan fingerprint density at radius 3 is 2.77 bits per heavy atom. The SMILES string of the molecule is COC(=O)c1ccc2c(Cc3cccc(OC)c3)c[nH]c2c1. The molecule has 0 aliphatic heterocycles. The van der Waals surface area contributed by atoms with Crippen LogP contribution < -0.4 is 4.74 Å². The fraction of sp³-hybridized carbons (Fsp3) is 0.167. The van der Waals surface area contributed by atoms with Gasteiger partial charge in [-0.3, -0.25) is 0 Å². The lowest BCUT2D eigenvalue weighted by Gasteiger charge is -2.04. The van der Waals surface area contributed by atoms with Crippen molar-refractivity contribution in [3.63, 3.8) is 0 Å². The van der Waals surface area contributed by atoms with Crippen LogP contribution in [0.4, 0.5) is 0 Å². The zero-order chi connectivity index (χ0) is 15.5. The molecule has 3 rings (SSSR count). The van der Waals surface area contributed by atoms with Crippen molar-refractivity contribution in [2.75, 3.05) is 14.2 Å². The normalized spacial score (nSPS) is 10.6. The third-order valence-corrected chi connectivity index (χ3v) is 3.72. The Bertz CT molecular complexity index is 820. The van der Waals surface area contributed by atoms with Crippen LogP contribution in [0.1, 0.15) is 21.5 Å². The summed E-state index contributed by atoms with van der Waals surface area (Å²) in [6.07, 6.45) is 2.78. The summed E-state index contributed by atoms with van der Waals surface area (Å²) in [5.41, 5.74) is 3.84. The molecule has 0 radical (unpaired) electrons. The van der Waals surface area contributed by atoms with Crippen molar-refractivity contribution in [3.8, 4) is 5.75 Å². The summed E-state index contributed by atoms with van der Waals surface area (Å²) in [5.74, 6) is 0.524. The molecule has 4 heteroatoms. The van der Waals surface area contributed by atoms with Crippen molar-refractivity contribution >= 4 is 16.9 Å². The van der Waals surface area contributed by atoms with E-state index in [1.165, 1.54) is 18.2 Å². The van der Waals surface area contributed by atoms with E-state index in [1.54, 1.807) is 13.2 Å². The summed E-state index contributed by atoms with van der Waals surface area (Å²) in [6, 6.07) is 13.6. The number of nitrogens with one attached hydrogen (secondary N) is 1. The predicted octanol–water partition coefficient (Wildman–Crippen LogP) is 3.55. The first-order valence-electron chi connectivity index (χ1n) is 7.02. The highest BCUT2D eigenvalue weighted by atomic mass is 16.5. The molecule has 0 atom stereocenters. The third-order valence-electron chi connectivity index (χ3n) is 3.72. The van der Waals surface area contributed by atoms with E-state index in [1.807, 2.05) is 36.5 Å². The number of aromatic nitrogens is 1.